The van der Waals surface area contributed by atoms with Gasteiger partial charge < -0.3 is 13.3 Å². The van der Waals surface area contributed by atoms with Crippen LogP contribution >= 0.6 is 0 Å². The van der Waals surface area contributed by atoms with Gasteiger partial charge in [0.05, 0.1) is 11.1 Å². The fourth-order valence-corrected chi connectivity index (χ4v) is 5.19. The van der Waals surface area contributed by atoms with Crippen LogP contribution in [0.1, 0.15) is 35.5 Å². The monoisotopic (exact) mass is 527 g/mol. The van der Waals surface area contributed by atoms with Gasteiger partial charge >= 0.3 is 23.0 Å². The lowest BCUT2D eigenvalue weighted by molar-refractivity contribution is -0.762. The van der Waals surface area contributed by atoms with Crippen LogP contribution in [0.3, 0.4) is 0 Å². The van der Waals surface area contributed by atoms with Crippen LogP contribution in [0.25, 0.3) is 27.8 Å². The Kier molecular flexibility index (Phi) is 7.07. The molecule has 0 saturated carbocycles. The van der Waals surface area contributed by atoms with Gasteiger partial charge in [0.25, 0.3) is 5.52 Å². The lowest BCUT2D eigenvalue weighted by atomic mass is 10.0. The fourth-order valence-electron chi connectivity index (χ4n) is 5.03. The van der Waals surface area contributed by atoms with Crippen LogP contribution in [0.4, 0.5) is 0 Å². The van der Waals surface area contributed by atoms with E-state index in [9.17, 15) is 0 Å². The van der Waals surface area contributed by atoms with Gasteiger partial charge in [-0.15, -0.1) is 4.57 Å². The lowest BCUT2D eigenvalue weighted by Gasteiger charge is -2.19. The molecule has 3 aromatic carbocycles. The smallest absolute Gasteiger partial charge is 0.482 e. The zero-order valence-electron chi connectivity index (χ0n) is 22.0. The van der Waals surface area contributed by atoms with Gasteiger partial charge in [-0.05, 0) is 78.9 Å². The van der Waals surface area contributed by atoms with Crippen molar-refractivity contribution in [3.05, 3.63) is 126 Å². The van der Waals surface area contributed by atoms with Crippen molar-refractivity contribution in [3.8, 4) is 22.6 Å². The number of benzene rings is 3. The summed E-state index contributed by atoms with van der Waals surface area (Å²) in [5.41, 5.74) is 7.79. The number of nitrogens with zero attached hydrogens (tertiary/aromatic N) is 2. The number of fused-ring (bicyclic) bond motifs is 1. The first-order valence-electron chi connectivity index (χ1n) is 13.1. The SMILES string of the molecule is Cc1ccc2c(n1)C(O[C@@H]1Oc3cccc4ccc(C)[n+]1c34)=CCC2.[Al][O]c1ccc(-c2ccccc2)cc1. The molecule has 0 fully saturated rings. The molecule has 2 aromatic heterocycles. The van der Waals surface area contributed by atoms with E-state index in [1.165, 1.54) is 16.7 Å². The molecule has 0 unspecified atom stereocenters. The number of hydrogen-bond acceptors (Lipinski definition) is 4. The van der Waals surface area contributed by atoms with Crippen molar-refractivity contribution in [1.82, 2.24) is 4.98 Å². The van der Waals surface area contributed by atoms with Crippen molar-refractivity contribution in [3.63, 3.8) is 0 Å². The van der Waals surface area contributed by atoms with Gasteiger partial charge in [-0.25, -0.2) is 4.98 Å². The molecule has 0 N–H and O–H groups in total. The highest BCUT2D eigenvalue weighted by molar-refractivity contribution is 6.00. The summed E-state index contributed by atoms with van der Waals surface area (Å²) in [5.74, 6) is 2.53. The summed E-state index contributed by atoms with van der Waals surface area (Å²) in [4.78, 5) is 4.70. The molecule has 2 radical (unpaired) electrons. The second-order valence-electron chi connectivity index (χ2n) is 9.66. The summed E-state index contributed by atoms with van der Waals surface area (Å²) in [7, 11) is 0. The quantitative estimate of drug-likeness (QED) is 0.190. The Morgan fingerprint density at radius 3 is 2.44 bits per heavy atom. The van der Waals surface area contributed by atoms with Crippen molar-refractivity contribution >= 4 is 33.3 Å². The van der Waals surface area contributed by atoms with E-state index in [0.29, 0.717) is 0 Å². The number of ether oxygens (including phenoxy) is 2. The molecule has 1 atom stereocenters. The largest absolute Gasteiger partial charge is 0.654 e. The second-order valence-corrected chi connectivity index (χ2v) is 9.89. The van der Waals surface area contributed by atoms with Crippen LogP contribution in [0.2, 0.25) is 0 Å². The third-order valence-electron chi connectivity index (χ3n) is 7.01. The number of para-hydroxylation sites is 1. The maximum Gasteiger partial charge on any atom is 0.482 e. The third-order valence-corrected chi connectivity index (χ3v) is 7.29. The molecule has 7 rings (SSSR count). The van der Waals surface area contributed by atoms with Crippen molar-refractivity contribution in [2.75, 3.05) is 0 Å². The van der Waals surface area contributed by atoms with Crippen LogP contribution in [0.5, 0.6) is 11.5 Å². The highest BCUT2D eigenvalue weighted by Crippen LogP contribution is 2.35. The van der Waals surface area contributed by atoms with Gasteiger partial charge in [0.1, 0.15) is 5.69 Å². The summed E-state index contributed by atoms with van der Waals surface area (Å²) >= 11 is 2.24. The van der Waals surface area contributed by atoms with E-state index in [1.807, 2.05) is 49.4 Å². The Balaban J connectivity index is 0.000000168. The van der Waals surface area contributed by atoms with Crippen LogP contribution in [0.15, 0.2) is 103 Å². The van der Waals surface area contributed by atoms with E-state index < -0.39 is 6.41 Å². The average Bonchev–Trinajstić information content (AvgIpc) is 3.36. The van der Waals surface area contributed by atoms with Gasteiger partial charge in [0, 0.05) is 18.7 Å². The standard InChI is InChI=1S/C21H19N2O2.C12H10O.Al/c1-13-9-11-15-5-3-7-17(19(15)22-13)24-21-23-14(2)10-12-16-6-4-8-18(25-21)20(16)23;13-12-8-6-11(7-9-12)10-4-2-1-3-5-10;/h4,6-12,21H,3,5H2,1-2H3;1-9,13H;/q+1;;+1/p-1/t21-;;/m1../s1. The first kappa shape index (κ1) is 25.2. The maximum atomic E-state index is 6.33. The predicted molar refractivity (Wildman–Crippen MR) is 153 cm³/mol. The Bertz CT molecular complexity index is 1670. The molecule has 0 amide bonds. The fraction of sp³-hybridized carbons (Fsp3) is 0.152. The number of allylic oxidation sites excluding steroid dienone is 1. The van der Waals surface area contributed by atoms with E-state index >= 15 is 0 Å². The highest BCUT2D eigenvalue weighted by atomic mass is 27.1. The number of pyridine rings is 2. The average molecular weight is 528 g/mol. The summed E-state index contributed by atoms with van der Waals surface area (Å²) in [6, 6.07) is 32.8. The lowest BCUT2D eigenvalue weighted by Crippen LogP contribution is -2.43. The molecule has 6 heteroatoms. The zero-order chi connectivity index (χ0) is 26.8. The van der Waals surface area contributed by atoms with E-state index in [-0.39, 0.29) is 0 Å². The molecular formula is C33H28AlN2O3+. The van der Waals surface area contributed by atoms with Crippen molar-refractivity contribution < 1.29 is 17.8 Å². The Hall–Kier alpha value is -4.11. The van der Waals surface area contributed by atoms with Crippen LogP contribution < -0.4 is 13.1 Å². The topological polar surface area (TPSA) is 44.5 Å². The molecule has 1 aliphatic heterocycles. The molecule has 39 heavy (non-hydrogen) atoms. The summed E-state index contributed by atoms with van der Waals surface area (Å²) in [6.45, 7) is 4.08. The first-order valence-corrected chi connectivity index (χ1v) is 13.5. The minimum Gasteiger partial charge on any atom is -0.654 e. The summed E-state index contributed by atoms with van der Waals surface area (Å²) in [6.07, 6.45) is 3.58. The molecule has 190 valence electrons. The number of aryl methyl sites for hydroxylation is 3. The molecule has 0 saturated heterocycles. The Morgan fingerprint density at radius 2 is 1.64 bits per heavy atom. The minimum atomic E-state index is -0.499. The molecule has 2 aliphatic rings. The number of rotatable bonds is 4. The number of hydrogen-bond donors (Lipinski definition) is 0. The van der Waals surface area contributed by atoms with Gasteiger partial charge in [0.15, 0.2) is 11.5 Å². The van der Waals surface area contributed by atoms with E-state index in [4.69, 9.17) is 18.2 Å². The predicted octanol–water partition coefficient (Wildman–Crippen LogP) is 6.81. The van der Waals surface area contributed by atoms with Gasteiger partial charge in [-0.1, -0.05) is 54.6 Å². The summed E-state index contributed by atoms with van der Waals surface area (Å²) < 4.78 is 19.6. The van der Waals surface area contributed by atoms with Crippen LogP contribution in [-0.2, 0) is 11.2 Å². The van der Waals surface area contributed by atoms with Crippen LogP contribution in [-0.4, -0.2) is 21.6 Å². The molecule has 0 spiro atoms. The van der Waals surface area contributed by atoms with Crippen molar-refractivity contribution in [2.24, 2.45) is 0 Å². The molecule has 0 bridgehead atoms. The number of aromatic nitrogens is 2. The Morgan fingerprint density at radius 1 is 0.846 bits per heavy atom. The summed E-state index contributed by atoms with van der Waals surface area (Å²) in [5, 5.41) is 1.15. The third kappa shape index (κ3) is 5.14. The van der Waals surface area contributed by atoms with Gasteiger partial charge in [0.2, 0.25) is 5.75 Å². The Labute approximate surface area is 237 Å². The normalized spacial score (nSPS) is 14.9. The molecular weight excluding hydrogens is 499 g/mol. The minimum absolute atomic E-state index is 0.499. The van der Waals surface area contributed by atoms with E-state index in [1.54, 1.807) is 0 Å². The molecule has 5 nitrogen and oxygen atoms in total. The van der Waals surface area contributed by atoms with Crippen molar-refractivity contribution in [2.45, 2.75) is 33.1 Å². The maximum absolute atomic E-state index is 6.33. The highest BCUT2D eigenvalue weighted by Gasteiger charge is 2.38. The van der Waals surface area contributed by atoms with E-state index in [2.05, 4.69) is 88.8 Å². The first-order chi connectivity index (χ1) is 19.1. The zero-order valence-corrected chi connectivity index (χ0v) is 23.2. The van der Waals surface area contributed by atoms with Gasteiger partial charge in [-0.2, -0.15) is 0 Å². The molecule has 3 heterocycles. The molecule has 1 aliphatic carbocycles. The second kappa shape index (κ2) is 10.9. The molecule has 5 aromatic rings. The van der Waals surface area contributed by atoms with E-state index in [0.717, 1.165) is 58.1 Å². The van der Waals surface area contributed by atoms with Crippen molar-refractivity contribution in [1.29, 1.82) is 0 Å². The van der Waals surface area contributed by atoms with Crippen LogP contribution in [0, 0.1) is 13.8 Å². The van der Waals surface area contributed by atoms with Gasteiger partial charge in [-0.3, -0.25) is 0 Å².